The smallest absolute Gasteiger partial charge is 0.0774 e. The Hall–Kier alpha value is -0.570. The third-order valence-electron chi connectivity index (χ3n) is 3.19. The minimum absolute atomic E-state index is 0.193. The summed E-state index contributed by atoms with van der Waals surface area (Å²) >= 11 is 6.22. The Bertz CT molecular complexity index is 356. The number of hydrogen-bond acceptors (Lipinski definition) is 2. The van der Waals surface area contributed by atoms with Crippen LogP contribution in [0.3, 0.4) is 0 Å². The Morgan fingerprint density at radius 1 is 1.38 bits per heavy atom. The maximum atomic E-state index is 6.22. The van der Waals surface area contributed by atoms with Crippen molar-refractivity contribution in [3.05, 3.63) is 34.9 Å². The molecule has 1 aliphatic rings. The topological polar surface area (TPSA) is 21.3 Å². The summed E-state index contributed by atoms with van der Waals surface area (Å²) in [4.78, 5) is 0. The molecular formula is C13H18ClNO. The average molecular weight is 240 g/mol. The van der Waals surface area contributed by atoms with Crippen LogP contribution >= 0.6 is 11.6 Å². The third-order valence-corrected chi connectivity index (χ3v) is 3.53. The molecule has 1 saturated heterocycles. The fraction of sp³-hybridized carbons (Fsp3) is 0.538. The van der Waals surface area contributed by atoms with E-state index in [9.17, 15) is 0 Å². The monoisotopic (exact) mass is 239 g/mol. The van der Waals surface area contributed by atoms with Gasteiger partial charge in [0.2, 0.25) is 0 Å². The maximum Gasteiger partial charge on any atom is 0.0774 e. The van der Waals surface area contributed by atoms with E-state index in [4.69, 9.17) is 16.3 Å². The molecule has 2 rings (SSSR count). The molecule has 3 unspecified atom stereocenters. The molecule has 2 nitrogen and oxygen atoms in total. The standard InChI is InChI=1S/C13H18ClNO/c1-9-7-8-12(16-9)13(15-2)10-5-3-4-6-11(10)14/h3-6,9,12-13,15H,7-8H2,1-2H3. The maximum absolute atomic E-state index is 6.22. The second-order valence-electron chi connectivity index (χ2n) is 4.35. The second-order valence-corrected chi connectivity index (χ2v) is 4.76. The number of likely N-dealkylation sites (N-methyl/N-ethyl adjacent to an activating group) is 1. The molecule has 3 atom stereocenters. The van der Waals surface area contributed by atoms with Crippen LogP contribution in [0.2, 0.25) is 5.02 Å². The Morgan fingerprint density at radius 3 is 2.69 bits per heavy atom. The molecule has 0 saturated carbocycles. The van der Waals surface area contributed by atoms with Gasteiger partial charge < -0.3 is 10.1 Å². The fourth-order valence-corrected chi connectivity index (χ4v) is 2.60. The Kier molecular flexibility index (Phi) is 3.85. The molecule has 1 aromatic rings. The van der Waals surface area contributed by atoms with Crippen LogP contribution in [-0.4, -0.2) is 19.3 Å². The normalized spacial score (nSPS) is 26.9. The van der Waals surface area contributed by atoms with Crippen molar-refractivity contribution in [2.75, 3.05) is 7.05 Å². The summed E-state index contributed by atoms with van der Waals surface area (Å²) < 4.78 is 5.90. The molecule has 0 spiro atoms. The summed E-state index contributed by atoms with van der Waals surface area (Å²) in [5.41, 5.74) is 1.13. The number of hydrogen-bond donors (Lipinski definition) is 1. The summed E-state index contributed by atoms with van der Waals surface area (Å²) in [6.07, 6.45) is 2.83. The molecule has 0 bridgehead atoms. The number of nitrogens with one attached hydrogen (secondary N) is 1. The third kappa shape index (κ3) is 2.40. The van der Waals surface area contributed by atoms with Crippen LogP contribution in [0.4, 0.5) is 0 Å². The van der Waals surface area contributed by atoms with Crippen molar-refractivity contribution in [1.82, 2.24) is 5.32 Å². The van der Waals surface area contributed by atoms with Crippen LogP contribution in [-0.2, 0) is 4.74 Å². The van der Waals surface area contributed by atoms with Gasteiger partial charge in [0.15, 0.2) is 0 Å². The zero-order valence-electron chi connectivity index (χ0n) is 9.74. The van der Waals surface area contributed by atoms with Crippen LogP contribution < -0.4 is 5.32 Å². The highest BCUT2D eigenvalue weighted by atomic mass is 35.5. The first-order chi connectivity index (χ1) is 7.72. The van der Waals surface area contributed by atoms with E-state index in [0.717, 1.165) is 23.4 Å². The highest BCUT2D eigenvalue weighted by Crippen LogP contribution is 2.32. The molecule has 88 valence electrons. The molecule has 1 aliphatic heterocycles. The SMILES string of the molecule is CNC(c1ccccc1Cl)C1CCC(C)O1. The minimum atomic E-state index is 0.193. The fourth-order valence-electron chi connectivity index (χ4n) is 2.35. The molecule has 1 N–H and O–H groups in total. The van der Waals surface area contributed by atoms with Crippen molar-refractivity contribution in [3.63, 3.8) is 0 Å². The van der Waals surface area contributed by atoms with Crippen molar-refractivity contribution in [1.29, 1.82) is 0 Å². The first-order valence-corrected chi connectivity index (χ1v) is 6.17. The molecule has 1 aromatic carbocycles. The first-order valence-electron chi connectivity index (χ1n) is 5.79. The van der Waals surface area contributed by atoms with Gasteiger partial charge >= 0.3 is 0 Å². The second kappa shape index (κ2) is 5.17. The predicted molar refractivity (Wildman–Crippen MR) is 66.8 cm³/mol. The molecule has 0 aromatic heterocycles. The molecule has 3 heteroatoms. The zero-order chi connectivity index (χ0) is 11.5. The largest absolute Gasteiger partial charge is 0.373 e. The summed E-state index contributed by atoms with van der Waals surface area (Å²) in [6, 6.07) is 8.16. The van der Waals surface area contributed by atoms with E-state index in [1.807, 2.05) is 25.2 Å². The minimum Gasteiger partial charge on any atom is -0.373 e. The van der Waals surface area contributed by atoms with Crippen LogP contribution in [0.15, 0.2) is 24.3 Å². The van der Waals surface area contributed by atoms with Crippen LogP contribution in [0.25, 0.3) is 0 Å². The summed E-state index contributed by atoms with van der Waals surface area (Å²) in [6.45, 7) is 2.12. The van der Waals surface area contributed by atoms with Crippen molar-refractivity contribution < 1.29 is 4.74 Å². The number of rotatable bonds is 3. The highest BCUT2D eigenvalue weighted by Gasteiger charge is 2.30. The number of benzene rings is 1. The van der Waals surface area contributed by atoms with Crippen LogP contribution in [0.5, 0.6) is 0 Å². The van der Waals surface area contributed by atoms with Gasteiger partial charge in [-0.1, -0.05) is 29.8 Å². The van der Waals surface area contributed by atoms with Gasteiger partial charge in [-0.2, -0.15) is 0 Å². The van der Waals surface area contributed by atoms with Crippen molar-refractivity contribution in [2.24, 2.45) is 0 Å². The number of ether oxygens (including phenoxy) is 1. The van der Waals surface area contributed by atoms with Gasteiger partial charge in [-0.3, -0.25) is 0 Å². The van der Waals surface area contributed by atoms with E-state index in [2.05, 4.69) is 18.3 Å². The van der Waals surface area contributed by atoms with Gasteiger partial charge in [0.25, 0.3) is 0 Å². The molecule has 1 heterocycles. The molecule has 0 aliphatic carbocycles. The Morgan fingerprint density at radius 2 is 2.12 bits per heavy atom. The van der Waals surface area contributed by atoms with Gasteiger partial charge in [-0.25, -0.2) is 0 Å². The summed E-state index contributed by atoms with van der Waals surface area (Å²) in [5, 5.41) is 4.12. The van der Waals surface area contributed by atoms with Crippen molar-refractivity contribution in [2.45, 2.75) is 38.0 Å². The molecule has 1 fully saturated rings. The van der Waals surface area contributed by atoms with Gasteiger partial charge in [-0.05, 0) is 38.4 Å². The van der Waals surface area contributed by atoms with Crippen molar-refractivity contribution in [3.8, 4) is 0 Å². The van der Waals surface area contributed by atoms with E-state index in [-0.39, 0.29) is 12.1 Å². The summed E-state index contributed by atoms with van der Waals surface area (Å²) in [7, 11) is 1.96. The first kappa shape index (κ1) is 11.9. The Balaban J connectivity index is 2.19. The zero-order valence-corrected chi connectivity index (χ0v) is 10.5. The highest BCUT2D eigenvalue weighted by molar-refractivity contribution is 6.31. The lowest BCUT2D eigenvalue weighted by atomic mass is 9.99. The lowest BCUT2D eigenvalue weighted by Crippen LogP contribution is -2.29. The predicted octanol–water partition coefficient (Wildman–Crippen LogP) is 3.17. The van der Waals surface area contributed by atoms with E-state index in [0.29, 0.717) is 6.10 Å². The van der Waals surface area contributed by atoms with Gasteiger partial charge in [-0.15, -0.1) is 0 Å². The molecule has 0 radical (unpaired) electrons. The van der Waals surface area contributed by atoms with Crippen LogP contribution in [0, 0.1) is 0 Å². The van der Waals surface area contributed by atoms with Crippen LogP contribution in [0.1, 0.15) is 31.4 Å². The van der Waals surface area contributed by atoms with Gasteiger partial charge in [0.05, 0.1) is 18.2 Å². The molecular weight excluding hydrogens is 222 g/mol. The summed E-state index contributed by atoms with van der Waals surface area (Å²) in [5.74, 6) is 0. The van der Waals surface area contributed by atoms with E-state index in [1.54, 1.807) is 0 Å². The van der Waals surface area contributed by atoms with Gasteiger partial charge in [0.1, 0.15) is 0 Å². The molecule has 0 amide bonds. The van der Waals surface area contributed by atoms with Crippen molar-refractivity contribution >= 4 is 11.6 Å². The lowest BCUT2D eigenvalue weighted by Gasteiger charge is -2.24. The van der Waals surface area contributed by atoms with E-state index >= 15 is 0 Å². The van der Waals surface area contributed by atoms with Gasteiger partial charge in [0, 0.05) is 5.02 Å². The number of halogens is 1. The van der Waals surface area contributed by atoms with E-state index < -0.39 is 0 Å². The quantitative estimate of drug-likeness (QED) is 0.875. The Labute approximate surface area is 102 Å². The van der Waals surface area contributed by atoms with E-state index in [1.165, 1.54) is 0 Å². The molecule has 16 heavy (non-hydrogen) atoms. The lowest BCUT2D eigenvalue weighted by molar-refractivity contribution is 0.0333. The average Bonchev–Trinajstić information content (AvgIpc) is 2.69.